The standard InChI is InChI=1S/C20H26N4O4/c1-14-11-22-16(12-21-14)20(25)23-13-17(24-6-8-28-9-7-24)15-4-5-18(26-2)19(10-15)27-3/h4-5,10-12,17H,6-9,13H2,1-3H3,(H,23,25). The van der Waals surface area contributed by atoms with Gasteiger partial charge in [-0.25, -0.2) is 4.98 Å². The quantitative estimate of drug-likeness (QED) is 0.774. The van der Waals surface area contributed by atoms with Crippen LogP contribution in [0.5, 0.6) is 11.5 Å². The van der Waals surface area contributed by atoms with Crippen molar-refractivity contribution in [3.8, 4) is 11.5 Å². The maximum Gasteiger partial charge on any atom is 0.271 e. The van der Waals surface area contributed by atoms with Crippen LogP contribution in [0.4, 0.5) is 0 Å². The van der Waals surface area contributed by atoms with Crippen LogP contribution in [0.2, 0.25) is 0 Å². The molecule has 1 aromatic heterocycles. The molecule has 1 atom stereocenters. The normalized spacial score (nSPS) is 15.7. The number of amides is 1. The molecule has 0 radical (unpaired) electrons. The number of aromatic nitrogens is 2. The fourth-order valence-corrected chi connectivity index (χ4v) is 3.20. The van der Waals surface area contributed by atoms with Crippen molar-refractivity contribution in [2.75, 3.05) is 47.1 Å². The van der Waals surface area contributed by atoms with E-state index in [2.05, 4.69) is 20.2 Å². The minimum Gasteiger partial charge on any atom is -0.493 e. The monoisotopic (exact) mass is 386 g/mol. The average Bonchev–Trinajstić information content (AvgIpc) is 2.74. The zero-order valence-electron chi connectivity index (χ0n) is 16.5. The van der Waals surface area contributed by atoms with Crippen molar-refractivity contribution in [3.63, 3.8) is 0 Å². The molecule has 28 heavy (non-hydrogen) atoms. The van der Waals surface area contributed by atoms with Crippen LogP contribution in [0, 0.1) is 6.92 Å². The average molecular weight is 386 g/mol. The Balaban J connectivity index is 1.79. The number of nitrogens with one attached hydrogen (secondary N) is 1. The molecule has 150 valence electrons. The predicted octanol–water partition coefficient (Wildman–Crippen LogP) is 1.61. The highest BCUT2D eigenvalue weighted by Gasteiger charge is 2.24. The third-order valence-electron chi connectivity index (χ3n) is 4.75. The summed E-state index contributed by atoms with van der Waals surface area (Å²) in [5, 5.41) is 2.98. The van der Waals surface area contributed by atoms with Crippen LogP contribution >= 0.6 is 0 Å². The fourth-order valence-electron chi connectivity index (χ4n) is 3.20. The Morgan fingerprint density at radius 2 is 1.93 bits per heavy atom. The van der Waals surface area contributed by atoms with Crippen LogP contribution in [0.15, 0.2) is 30.6 Å². The molecule has 1 amide bonds. The lowest BCUT2D eigenvalue weighted by molar-refractivity contribution is 0.0161. The van der Waals surface area contributed by atoms with Gasteiger partial charge in [-0.3, -0.25) is 14.7 Å². The van der Waals surface area contributed by atoms with Gasteiger partial charge in [0.1, 0.15) is 5.69 Å². The van der Waals surface area contributed by atoms with Gasteiger partial charge in [0, 0.05) is 25.8 Å². The smallest absolute Gasteiger partial charge is 0.271 e. The Labute approximate surface area is 164 Å². The van der Waals surface area contributed by atoms with Crippen molar-refractivity contribution >= 4 is 5.91 Å². The van der Waals surface area contributed by atoms with Gasteiger partial charge in [0.2, 0.25) is 0 Å². The topological polar surface area (TPSA) is 85.8 Å². The van der Waals surface area contributed by atoms with E-state index < -0.39 is 0 Å². The van der Waals surface area contributed by atoms with E-state index in [0.29, 0.717) is 37.0 Å². The summed E-state index contributed by atoms with van der Waals surface area (Å²) in [5.74, 6) is 1.09. The number of hydrogen-bond donors (Lipinski definition) is 1. The van der Waals surface area contributed by atoms with E-state index in [0.717, 1.165) is 24.3 Å². The first kappa shape index (κ1) is 20.0. The van der Waals surface area contributed by atoms with Crippen LogP contribution in [0.1, 0.15) is 27.8 Å². The summed E-state index contributed by atoms with van der Waals surface area (Å²) in [7, 11) is 3.23. The number of hydrogen-bond acceptors (Lipinski definition) is 7. The number of carbonyl (C=O) groups is 1. The fraction of sp³-hybridized carbons (Fsp3) is 0.450. The van der Waals surface area contributed by atoms with Crippen molar-refractivity contribution in [3.05, 3.63) is 47.5 Å². The molecule has 1 fully saturated rings. The summed E-state index contributed by atoms with van der Waals surface area (Å²) in [6.07, 6.45) is 3.08. The Bertz CT molecular complexity index is 791. The lowest BCUT2D eigenvalue weighted by atomic mass is 10.0. The van der Waals surface area contributed by atoms with E-state index >= 15 is 0 Å². The summed E-state index contributed by atoms with van der Waals surface area (Å²) in [6, 6.07) is 5.82. The van der Waals surface area contributed by atoms with E-state index in [4.69, 9.17) is 14.2 Å². The second kappa shape index (κ2) is 9.48. The van der Waals surface area contributed by atoms with Gasteiger partial charge in [0.05, 0.1) is 45.4 Å². The molecule has 1 unspecified atom stereocenters. The molecule has 1 N–H and O–H groups in total. The molecule has 3 rings (SSSR count). The highest BCUT2D eigenvalue weighted by atomic mass is 16.5. The van der Waals surface area contributed by atoms with Crippen molar-refractivity contribution in [1.29, 1.82) is 0 Å². The molecule has 8 nitrogen and oxygen atoms in total. The Kier molecular flexibility index (Phi) is 6.78. The van der Waals surface area contributed by atoms with Crippen molar-refractivity contribution in [1.82, 2.24) is 20.2 Å². The van der Waals surface area contributed by atoms with Gasteiger partial charge in [-0.1, -0.05) is 6.07 Å². The van der Waals surface area contributed by atoms with Gasteiger partial charge in [0.15, 0.2) is 11.5 Å². The lowest BCUT2D eigenvalue weighted by Crippen LogP contribution is -2.44. The number of morpholine rings is 1. The van der Waals surface area contributed by atoms with Gasteiger partial charge in [-0.2, -0.15) is 0 Å². The second-order valence-electron chi connectivity index (χ2n) is 6.53. The molecule has 1 aliphatic rings. The Morgan fingerprint density at radius 3 is 2.57 bits per heavy atom. The number of aryl methyl sites for hydroxylation is 1. The zero-order valence-corrected chi connectivity index (χ0v) is 16.5. The molecule has 0 bridgehead atoms. The summed E-state index contributed by atoms with van der Waals surface area (Å²) in [4.78, 5) is 23.1. The number of benzene rings is 1. The van der Waals surface area contributed by atoms with Crippen LogP contribution in [-0.4, -0.2) is 67.8 Å². The predicted molar refractivity (Wildman–Crippen MR) is 104 cm³/mol. The van der Waals surface area contributed by atoms with Crippen LogP contribution < -0.4 is 14.8 Å². The maximum absolute atomic E-state index is 12.5. The summed E-state index contributed by atoms with van der Waals surface area (Å²) in [6.45, 7) is 5.19. The van der Waals surface area contributed by atoms with Gasteiger partial charge in [-0.15, -0.1) is 0 Å². The number of nitrogens with zero attached hydrogens (tertiary/aromatic N) is 3. The second-order valence-corrected chi connectivity index (χ2v) is 6.53. The number of rotatable bonds is 7. The largest absolute Gasteiger partial charge is 0.493 e. The molecule has 1 saturated heterocycles. The van der Waals surface area contributed by atoms with Crippen molar-refractivity contribution in [2.45, 2.75) is 13.0 Å². The molecule has 2 aromatic rings. The first-order valence-corrected chi connectivity index (χ1v) is 9.23. The third kappa shape index (κ3) is 4.76. The Hall–Kier alpha value is -2.71. The van der Waals surface area contributed by atoms with E-state index in [-0.39, 0.29) is 11.9 Å². The molecule has 0 spiro atoms. The first-order chi connectivity index (χ1) is 13.6. The van der Waals surface area contributed by atoms with Crippen LogP contribution in [0.25, 0.3) is 0 Å². The molecule has 2 heterocycles. The number of carbonyl (C=O) groups excluding carboxylic acids is 1. The molecular weight excluding hydrogens is 360 g/mol. The van der Waals surface area contributed by atoms with E-state index in [9.17, 15) is 4.79 Å². The highest BCUT2D eigenvalue weighted by molar-refractivity contribution is 5.91. The molecule has 8 heteroatoms. The zero-order chi connectivity index (χ0) is 19.9. The van der Waals surface area contributed by atoms with E-state index in [1.54, 1.807) is 20.4 Å². The summed E-state index contributed by atoms with van der Waals surface area (Å²) in [5.41, 5.74) is 2.11. The van der Waals surface area contributed by atoms with Crippen LogP contribution in [-0.2, 0) is 4.74 Å². The van der Waals surface area contributed by atoms with Gasteiger partial charge in [-0.05, 0) is 24.6 Å². The molecule has 1 aliphatic heterocycles. The van der Waals surface area contributed by atoms with Gasteiger partial charge >= 0.3 is 0 Å². The van der Waals surface area contributed by atoms with Crippen molar-refractivity contribution in [2.24, 2.45) is 0 Å². The highest BCUT2D eigenvalue weighted by Crippen LogP contribution is 2.32. The molecule has 1 aromatic carbocycles. The molecular formula is C20H26N4O4. The van der Waals surface area contributed by atoms with Gasteiger partial charge in [0.25, 0.3) is 5.91 Å². The maximum atomic E-state index is 12.5. The number of ether oxygens (including phenoxy) is 3. The van der Waals surface area contributed by atoms with Crippen LogP contribution in [0.3, 0.4) is 0 Å². The van der Waals surface area contributed by atoms with Crippen molar-refractivity contribution < 1.29 is 19.0 Å². The SMILES string of the molecule is COc1ccc(C(CNC(=O)c2cnc(C)cn2)N2CCOCC2)cc1OC. The molecule has 0 saturated carbocycles. The van der Waals surface area contributed by atoms with E-state index in [1.165, 1.54) is 6.20 Å². The van der Waals surface area contributed by atoms with Gasteiger partial charge < -0.3 is 19.5 Å². The first-order valence-electron chi connectivity index (χ1n) is 9.23. The van der Waals surface area contributed by atoms with E-state index in [1.807, 2.05) is 25.1 Å². The third-order valence-corrected chi connectivity index (χ3v) is 4.75. The number of methoxy groups -OCH3 is 2. The molecule has 0 aliphatic carbocycles. The summed E-state index contributed by atoms with van der Waals surface area (Å²) < 4.78 is 16.3. The lowest BCUT2D eigenvalue weighted by Gasteiger charge is -2.35. The minimum atomic E-state index is -0.244. The Morgan fingerprint density at radius 1 is 1.18 bits per heavy atom. The minimum absolute atomic E-state index is 0.0222. The summed E-state index contributed by atoms with van der Waals surface area (Å²) >= 11 is 0.